The molecule has 1 saturated heterocycles. The molecule has 0 atom stereocenters. The number of thiazole rings is 2. The molecule has 0 bridgehead atoms. The lowest BCUT2D eigenvalue weighted by Gasteiger charge is -2.34. The highest BCUT2D eigenvalue weighted by Crippen LogP contribution is 2.21. The van der Waals surface area contributed by atoms with E-state index in [1.165, 1.54) is 11.3 Å². The molecule has 1 amide bonds. The fourth-order valence-corrected chi connectivity index (χ4v) is 3.72. The van der Waals surface area contributed by atoms with E-state index in [-0.39, 0.29) is 5.91 Å². The molecule has 3 rings (SSSR count). The number of aromatic nitrogens is 2. The van der Waals surface area contributed by atoms with Crippen LogP contribution in [0.2, 0.25) is 0 Å². The van der Waals surface area contributed by atoms with Crippen molar-refractivity contribution in [3.63, 3.8) is 0 Å². The van der Waals surface area contributed by atoms with E-state index in [0.29, 0.717) is 0 Å². The molecular weight excluding hydrogens is 292 g/mol. The van der Waals surface area contributed by atoms with Gasteiger partial charge in [-0.1, -0.05) is 6.92 Å². The fourth-order valence-electron chi connectivity index (χ4n) is 2.20. The molecule has 5 nitrogen and oxygen atoms in total. The monoisotopic (exact) mass is 308 g/mol. The van der Waals surface area contributed by atoms with Gasteiger partial charge in [0.1, 0.15) is 4.88 Å². The molecule has 1 aliphatic heterocycles. The summed E-state index contributed by atoms with van der Waals surface area (Å²) in [4.78, 5) is 25.9. The molecule has 0 aromatic carbocycles. The van der Waals surface area contributed by atoms with Crippen LogP contribution in [-0.4, -0.2) is 47.0 Å². The molecule has 20 heavy (non-hydrogen) atoms. The smallest absolute Gasteiger partial charge is 0.265 e. The number of rotatable bonds is 3. The number of hydrogen-bond acceptors (Lipinski definition) is 6. The second kappa shape index (κ2) is 5.88. The van der Waals surface area contributed by atoms with E-state index in [1.807, 2.05) is 16.5 Å². The zero-order valence-corrected chi connectivity index (χ0v) is 12.9. The molecule has 0 radical (unpaired) electrons. The summed E-state index contributed by atoms with van der Waals surface area (Å²) in [6.45, 7) is 5.24. The van der Waals surface area contributed by atoms with E-state index in [4.69, 9.17) is 0 Å². The van der Waals surface area contributed by atoms with Gasteiger partial charge in [0.25, 0.3) is 5.91 Å². The van der Waals surface area contributed by atoms with Crippen molar-refractivity contribution < 1.29 is 4.79 Å². The van der Waals surface area contributed by atoms with Crippen LogP contribution in [0.3, 0.4) is 0 Å². The summed E-state index contributed by atoms with van der Waals surface area (Å²) in [6, 6.07) is 0. The molecule has 2 aromatic heterocycles. The first kappa shape index (κ1) is 13.5. The maximum Gasteiger partial charge on any atom is 0.265 e. The SMILES string of the molecule is CCc1ncc(C(=O)N2CCN(c3nccs3)CC2)s1. The van der Waals surface area contributed by atoms with E-state index in [2.05, 4.69) is 21.8 Å². The molecule has 0 unspecified atom stereocenters. The number of anilines is 1. The van der Waals surface area contributed by atoms with Gasteiger partial charge < -0.3 is 9.80 Å². The fraction of sp³-hybridized carbons (Fsp3) is 0.462. The minimum atomic E-state index is 0.112. The minimum Gasteiger partial charge on any atom is -0.345 e. The van der Waals surface area contributed by atoms with Crippen molar-refractivity contribution in [2.24, 2.45) is 0 Å². The Labute approximate surface area is 125 Å². The van der Waals surface area contributed by atoms with E-state index >= 15 is 0 Å². The van der Waals surface area contributed by atoms with Crippen molar-refractivity contribution in [3.05, 3.63) is 27.7 Å². The summed E-state index contributed by atoms with van der Waals surface area (Å²) in [5.41, 5.74) is 0. The van der Waals surface area contributed by atoms with Crippen LogP contribution in [0.5, 0.6) is 0 Å². The largest absolute Gasteiger partial charge is 0.345 e. The quantitative estimate of drug-likeness (QED) is 0.871. The molecule has 2 aromatic rings. The van der Waals surface area contributed by atoms with Crippen LogP contribution >= 0.6 is 22.7 Å². The first-order chi connectivity index (χ1) is 9.78. The van der Waals surface area contributed by atoms with Crippen LogP contribution in [-0.2, 0) is 6.42 Å². The third-order valence-electron chi connectivity index (χ3n) is 3.32. The molecule has 0 aliphatic carbocycles. The average molecular weight is 308 g/mol. The van der Waals surface area contributed by atoms with Crippen molar-refractivity contribution >= 4 is 33.7 Å². The Hall–Kier alpha value is -1.47. The Morgan fingerprint density at radius 2 is 2.10 bits per heavy atom. The second-order valence-corrected chi connectivity index (χ2v) is 6.55. The maximum atomic E-state index is 12.4. The third-order valence-corrected chi connectivity index (χ3v) is 5.29. The predicted molar refractivity (Wildman–Crippen MR) is 81.7 cm³/mol. The normalized spacial score (nSPS) is 15.7. The van der Waals surface area contributed by atoms with Gasteiger partial charge in [-0.25, -0.2) is 9.97 Å². The van der Waals surface area contributed by atoms with Gasteiger partial charge in [-0.15, -0.1) is 22.7 Å². The molecule has 7 heteroatoms. The number of hydrogen-bond donors (Lipinski definition) is 0. The van der Waals surface area contributed by atoms with Gasteiger partial charge in [0, 0.05) is 37.8 Å². The van der Waals surface area contributed by atoms with Gasteiger partial charge in [-0.2, -0.15) is 0 Å². The zero-order valence-electron chi connectivity index (χ0n) is 11.3. The predicted octanol–water partition coefficient (Wildman–Crippen LogP) is 2.12. The average Bonchev–Trinajstić information content (AvgIpc) is 3.18. The Balaban J connectivity index is 1.61. The van der Waals surface area contributed by atoms with Crippen molar-refractivity contribution in [3.8, 4) is 0 Å². The highest BCUT2D eigenvalue weighted by molar-refractivity contribution is 7.13. The molecule has 0 saturated carbocycles. The summed E-state index contributed by atoms with van der Waals surface area (Å²) in [7, 11) is 0. The third kappa shape index (κ3) is 2.69. The zero-order chi connectivity index (χ0) is 13.9. The summed E-state index contributed by atoms with van der Waals surface area (Å²) in [5.74, 6) is 0.112. The van der Waals surface area contributed by atoms with Gasteiger partial charge in [0.15, 0.2) is 5.13 Å². The molecular formula is C13H16N4OS2. The molecule has 1 aliphatic rings. The van der Waals surface area contributed by atoms with Gasteiger partial charge in [-0.05, 0) is 6.42 Å². The van der Waals surface area contributed by atoms with Crippen molar-refractivity contribution in [1.82, 2.24) is 14.9 Å². The topological polar surface area (TPSA) is 49.3 Å². The number of aryl methyl sites for hydroxylation is 1. The summed E-state index contributed by atoms with van der Waals surface area (Å²) in [5, 5.41) is 4.05. The maximum absolute atomic E-state index is 12.4. The number of nitrogens with zero attached hydrogens (tertiary/aromatic N) is 4. The van der Waals surface area contributed by atoms with E-state index in [9.17, 15) is 4.79 Å². The highest BCUT2D eigenvalue weighted by atomic mass is 32.1. The van der Waals surface area contributed by atoms with Crippen molar-refractivity contribution in [2.75, 3.05) is 31.1 Å². The molecule has 1 fully saturated rings. The molecule has 106 valence electrons. The minimum absolute atomic E-state index is 0.112. The Bertz CT molecular complexity index is 573. The summed E-state index contributed by atoms with van der Waals surface area (Å²) >= 11 is 3.15. The lowest BCUT2D eigenvalue weighted by atomic mass is 10.3. The van der Waals surface area contributed by atoms with Gasteiger partial charge in [0.05, 0.1) is 11.2 Å². The Morgan fingerprint density at radius 3 is 2.70 bits per heavy atom. The number of carbonyl (C=O) groups is 1. The van der Waals surface area contributed by atoms with E-state index < -0.39 is 0 Å². The number of amides is 1. The Morgan fingerprint density at radius 1 is 1.30 bits per heavy atom. The Kier molecular flexibility index (Phi) is 3.98. The van der Waals surface area contributed by atoms with E-state index in [1.54, 1.807) is 17.5 Å². The van der Waals surface area contributed by atoms with Crippen LogP contribution in [0.1, 0.15) is 21.6 Å². The van der Waals surface area contributed by atoms with Gasteiger partial charge in [-0.3, -0.25) is 4.79 Å². The summed E-state index contributed by atoms with van der Waals surface area (Å²) < 4.78 is 0. The van der Waals surface area contributed by atoms with Crippen LogP contribution in [0.15, 0.2) is 17.8 Å². The number of piperazine rings is 1. The van der Waals surface area contributed by atoms with Crippen molar-refractivity contribution in [1.29, 1.82) is 0 Å². The number of carbonyl (C=O) groups excluding carboxylic acids is 1. The molecule has 3 heterocycles. The standard InChI is InChI=1S/C13H16N4OS2/c1-2-11-15-9-10(20-11)12(18)16-4-6-17(7-5-16)13-14-3-8-19-13/h3,8-9H,2,4-7H2,1H3. The van der Waals surface area contributed by atoms with E-state index in [0.717, 1.165) is 47.6 Å². The van der Waals surface area contributed by atoms with Crippen LogP contribution in [0, 0.1) is 0 Å². The molecule has 0 spiro atoms. The summed E-state index contributed by atoms with van der Waals surface area (Å²) in [6.07, 6.45) is 4.41. The van der Waals surface area contributed by atoms with Gasteiger partial charge in [0.2, 0.25) is 0 Å². The molecule has 0 N–H and O–H groups in total. The van der Waals surface area contributed by atoms with Crippen LogP contribution < -0.4 is 4.90 Å². The van der Waals surface area contributed by atoms with Crippen LogP contribution in [0.4, 0.5) is 5.13 Å². The van der Waals surface area contributed by atoms with Crippen molar-refractivity contribution in [2.45, 2.75) is 13.3 Å². The van der Waals surface area contributed by atoms with Gasteiger partial charge >= 0.3 is 0 Å². The lowest BCUT2D eigenvalue weighted by molar-refractivity contribution is 0.0751. The second-order valence-electron chi connectivity index (χ2n) is 4.57. The first-order valence-corrected chi connectivity index (χ1v) is 8.36. The highest BCUT2D eigenvalue weighted by Gasteiger charge is 2.24. The lowest BCUT2D eigenvalue weighted by Crippen LogP contribution is -2.48. The van der Waals surface area contributed by atoms with Crippen LogP contribution in [0.25, 0.3) is 0 Å². The first-order valence-electron chi connectivity index (χ1n) is 6.66.